The molecular formula is C18H12FN2O3-. The number of carboxylic acids is 1. The van der Waals surface area contributed by atoms with E-state index >= 15 is 0 Å². The van der Waals surface area contributed by atoms with Crippen molar-refractivity contribution < 1.29 is 19.1 Å². The second kappa shape index (κ2) is 6.08. The number of amides is 1. The van der Waals surface area contributed by atoms with Crippen molar-refractivity contribution in [3.05, 3.63) is 71.0 Å². The second-order valence-electron chi connectivity index (χ2n) is 5.25. The van der Waals surface area contributed by atoms with Crippen molar-refractivity contribution in [2.24, 2.45) is 5.10 Å². The molecule has 1 heterocycles. The van der Waals surface area contributed by atoms with Gasteiger partial charge in [-0.2, -0.15) is 10.1 Å². The van der Waals surface area contributed by atoms with Crippen molar-refractivity contribution in [3.63, 3.8) is 0 Å². The SMILES string of the molecule is CC1=NN(c2cccc(C(=O)[O-])c2)C(=O)/C1=C\c1ccc(F)cc1. The number of benzene rings is 2. The van der Waals surface area contributed by atoms with E-state index in [2.05, 4.69) is 5.10 Å². The molecule has 0 fully saturated rings. The van der Waals surface area contributed by atoms with Crippen LogP contribution in [0.5, 0.6) is 0 Å². The number of carbonyl (C=O) groups is 2. The maximum atomic E-state index is 13.0. The molecule has 0 aliphatic carbocycles. The van der Waals surface area contributed by atoms with Gasteiger partial charge < -0.3 is 9.90 Å². The Morgan fingerprint density at radius 1 is 1.21 bits per heavy atom. The zero-order valence-corrected chi connectivity index (χ0v) is 12.7. The van der Waals surface area contributed by atoms with Crippen LogP contribution >= 0.6 is 0 Å². The third kappa shape index (κ3) is 2.94. The summed E-state index contributed by atoms with van der Waals surface area (Å²) >= 11 is 0. The van der Waals surface area contributed by atoms with Crippen molar-refractivity contribution >= 4 is 29.4 Å². The Balaban J connectivity index is 1.94. The third-order valence-corrected chi connectivity index (χ3v) is 3.57. The Bertz CT molecular complexity index is 885. The van der Waals surface area contributed by atoms with E-state index in [4.69, 9.17) is 0 Å². The Hall–Kier alpha value is -3.28. The van der Waals surface area contributed by atoms with E-state index in [1.807, 2.05) is 0 Å². The quantitative estimate of drug-likeness (QED) is 0.811. The summed E-state index contributed by atoms with van der Waals surface area (Å²) in [6, 6.07) is 11.5. The summed E-state index contributed by atoms with van der Waals surface area (Å²) in [6.07, 6.45) is 1.61. The maximum absolute atomic E-state index is 13.0. The minimum atomic E-state index is -1.33. The molecule has 0 saturated carbocycles. The van der Waals surface area contributed by atoms with Gasteiger partial charge in [-0.1, -0.05) is 24.3 Å². The van der Waals surface area contributed by atoms with Crippen LogP contribution in [-0.4, -0.2) is 17.6 Å². The lowest BCUT2D eigenvalue weighted by molar-refractivity contribution is -0.255. The van der Waals surface area contributed by atoms with Gasteiger partial charge in [0.15, 0.2) is 0 Å². The number of hydrazone groups is 1. The molecule has 2 aromatic rings. The van der Waals surface area contributed by atoms with Crippen LogP contribution in [-0.2, 0) is 4.79 Å². The molecule has 24 heavy (non-hydrogen) atoms. The fraction of sp³-hybridized carbons (Fsp3) is 0.0556. The van der Waals surface area contributed by atoms with Crippen molar-refractivity contribution in [3.8, 4) is 0 Å². The lowest BCUT2D eigenvalue weighted by Crippen LogP contribution is -2.24. The van der Waals surface area contributed by atoms with Gasteiger partial charge in [0.1, 0.15) is 5.82 Å². The molecule has 0 saturated heterocycles. The van der Waals surface area contributed by atoms with Crippen LogP contribution in [0.25, 0.3) is 6.08 Å². The van der Waals surface area contributed by atoms with E-state index in [-0.39, 0.29) is 17.3 Å². The smallest absolute Gasteiger partial charge is 0.280 e. The maximum Gasteiger partial charge on any atom is 0.280 e. The number of rotatable bonds is 3. The van der Waals surface area contributed by atoms with E-state index in [0.29, 0.717) is 22.5 Å². The molecule has 0 aromatic heterocycles. The minimum absolute atomic E-state index is 0.0379. The standard InChI is InChI=1S/C18H13FN2O3/c1-11-16(9-12-5-7-14(19)8-6-12)17(22)21(20-11)15-4-2-3-13(10-15)18(23)24/h2-10H,1H3,(H,23,24)/p-1/b16-9-. The summed E-state index contributed by atoms with van der Waals surface area (Å²) in [5.41, 5.74) is 1.82. The highest BCUT2D eigenvalue weighted by atomic mass is 19.1. The first-order valence-electron chi connectivity index (χ1n) is 7.14. The summed E-state index contributed by atoms with van der Waals surface area (Å²) < 4.78 is 13.0. The molecule has 1 aliphatic rings. The molecule has 0 radical (unpaired) electrons. The van der Waals surface area contributed by atoms with Crippen LogP contribution in [0.4, 0.5) is 10.1 Å². The summed E-state index contributed by atoms with van der Waals surface area (Å²) in [5.74, 6) is -2.07. The number of anilines is 1. The normalized spacial score (nSPS) is 15.8. The number of carboxylic acid groups (broad SMARTS) is 1. The first-order valence-corrected chi connectivity index (χ1v) is 7.14. The molecule has 120 valence electrons. The van der Waals surface area contributed by atoms with Crippen molar-refractivity contribution in [1.29, 1.82) is 0 Å². The van der Waals surface area contributed by atoms with E-state index < -0.39 is 5.97 Å². The van der Waals surface area contributed by atoms with Gasteiger partial charge in [0.25, 0.3) is 5.91 Å². The highest BCUT2D eigenvalue weighted by molar-refractivity contribution is 6.32. The van der Waals surface area contributed by atoms with Gasteiger partial charge in [-0.05, 0) is 48.4 Å². The number of hydrogen-bond donors (Lipinski definition) is 0. The molecule has 1 amide bonds. The van der Waals surface area contributed by atoms with Gasteiger partial charge in [0.2, 0.25) is 0 Å². The first kappa shape index (κ1) is 15.6. The van der Waals surface area contributed by atoms with E-state index in [1.165, 1.54) is 30.3 Å². The van der Waals surface area contributed by atoms with Crippen LogP contribution in [0.1, 0.15) is 22.8 Å². The molecule has 6 heteroatoms. The van der Waals surface area contributed by atoms with Gasteiger partial charge >= 0.3 is 0 Å². The number of carbonyl (C=O) groups excluding carboxylic acids is 2. The molecular weight excluding hydrogens is 311 g/mol. The molecule has 0 unspecified atom stereocenters. The van der Waals surface area contributed by atoms with Crippen LogP contribution in [0.2, 0.25) is 0 Å². The number of hydrogen-bond acceptors (Lipinski definition) is 4. The topological polar surface area (TPSA) is 72.8 Å². The predicted octanol–water partition coefficient (Wildman–Crippen LogP) is 2.00. The molecule has 0 spiro atoms. The lowest BCUT2D eigenvalue weighted by Gasteiger charge is -2.13. The van der Waals surface area contributed by atoms with E-state index in [0.717, 1.165) is 5.01 Å². The third-order valence-electron chi connectivity index (χ3n) is 3.57. The number of aromatic carboxylic acids is 1. The number of halogens is 1. The average Bonchev–Trinajstić information content (AvgIpc) is 2.85. The fourth-order valence-electron chi connectivity index (χ4n) is 2.35. The molecule has 0 bridgehead atoms. The van der Waals surface area contributed by atoms with Gasteiger partial charge in [-0.25, -0.2) is 4.39 Å². The Morgan fingerprint density at radius 2 is 1.92 bits per heavy atom. The first-order chi connectivity index (χ1) is 11.5. The Labute approximate surface area is 137 Å². The van der Waals surface area contributed by atoms with Crippen molar-refractivity contribution in [2.45, 2.75) is 6.92 Å². The van der Waals surface area contributed by atoms with Crippen LogP contribution in [0, 0.1) is 5.82 Å². The summed E-state index contributed by atoms with van der Waals surface area (Å²) in [5, 5.41) is 16.3. The van der Waals surface area contributed by atoms with E-state index in [9.17, 15) is 19.1 Å². The lowest BCUT2D eigenvalue weighted by atomic mass is 10.1. The largest absolute Gasteiger partial charge is 0.545 e. The minimum Gasteiger partial charge on any atom is -0.545 e. The molecule has 3 rings (SSSR count). The number of nitrogens with zero attached hydrogens (tertiary/aromatic N) is 2. The molecule has 0 atom stereocenters. The Morgan fingerprint density at radius 3 is 2.58 bits per heavy atom. The van der Waals surface area contributed by atoms with Gasteiger partial charge in [-0.15, -0.1) is 0 Å². The van der Waals surface area contributed by atoms with E-state index in [1.54, 1.807) is 31.2 Å². The summed E-state index contributed by atoms with van der Waals surface area (Å²) in [7, 11) is 0. The van der Waals surface area contributed by atoms with Gasteiger partial charge in [0, 0.05) is 0 Å². The van der Waals surface area contributed by atoms with Crippen LogP contribution < -0.4 is 10.1 Å². The monoisotopic (exact) mass is 323 g/mol. The summed E-state index contributed by atoms with van der Waals surface area (Å²) in [4.78, 5) is 23.5. The zero-order chi connectivity index (χ0) is 17.3. The molecule has 1 aliphatic heterocycles. The average molecular weight is 323 g/mol. The highest BCUT2D eigenvalue weighted by Crippen LogP contribution is 2.25. The predicted molar refractivity (Wildman–Crippen MR) is 85.7 cm³/mol. The zero-order valence-electron chi connectivity index (χ0n) is 12.7. The highest BCUT2D eigenvalue weighted by Gasteiger charge is 2.28. The Kier molecular flexibility index (Phi) is 3.95. The van der Waals surface area contributed by atoms with Gasteiger partial charge in [0.05, 0.1) is 22.9 Å². The molecule has 2 aromatic carbocycles. The van der Waals surface area contributed by atoms with Gasteiger partial charge in [-0.3, -0.25) is 4.79 Å². The van der Waals surface area contributed by atoms with Crippen molar-refractivity contribution in [1.82, 2.24) is 0 Å². The van der Waals surface area contributed by atoms with Crippen LogP contribution in [0.15, 0.2) is 59.2 Å². The summed E-state index contributed by atoms with van der Waals surface area (Å²) in [6.45, 7) is 1.68. The molecule has 5 nitrogen and oxygen atoms in total. The van der Waals surface area contributed by atoms with Crippen LogP contribution in [0.3, 0.4) is 0 Å². The van der Waals surface area contributed by atoms with Crippen molar-refractivity contribution in [2.75, 3.05) is 5.01 Å². The fourth-order valence-corrected chi connectivity index (χ4v) is 2.35. The molecule has 0 N–H and O–H groups in total. The second-order valence-corrected chi connectivity index (χ2v) is 5.25.